The van der Waals surface area contributed by atoms with Crippen molar-refractivity contribution in [2.24, 2.45) is 11.3 Å². The first-order chi connectivity index (χ1) is 8.79. The van der Waals surface area contributed by atoms with Crippen LogP contribution in [-0.4, -0.2) is 24.5 Å². The molecule has 0 radical (unpaired) electrons. The maximum absolute atomic E-state index is 13.9. The molecule has 0 saturated heterocycles. The van der Waals surface area contributed by atoms with Gasteiger partial charge in [-0.2, -0.15) is 0 Å². The molecule has 1 amide bonds. The molecular formula is C14H22FN3O. The van der Waals surface area contributed by atoms with Gasteiger partial charge in [0.2, 0.25) is 0 Å². The molecule has 4 nitrogen and oxygen atoms in total. The van der Waals surface area contributed by atoms with Gasteiger partial charge in [0.25, 0.3) is 5.91 Å². The quantitative estimate of drug-likeness (QED) is 0.862. The maximum atomic E-state index is 13.9. The monoisotopic (exact) mass is 267 g/mol. The number of nitrogens with one attached hydrogen (secondary N) is 2. The van der Waals surface area contributed by atoms with Gasteiger partial charge in [-0.05, 0) is 17.4 Å². The van der Waals surface area contributed by atoms with Crippen LogP contribution < -0.4 is 10.6 Å². The van der Waals surface area contributed by atoms with Crippen molar-refractivity contribution in [2.75, 3.05) is 18.9 Å². The summed E-state index contributed by atoms with van der Waals surface area (Å²) in [6, 6.07) is 1.38. The summed E-state index contributed by atoms with van der Waals surface area (Å²) in [6.45, 7) is 8.83. The minimum atomic E-state index is -0.621. The average Bonchev–Trinajstić information content (AvgIpc) is 2.36. The van der Waals surface area contributed by atoms with Gasteiger partial charge in [0.15, 0.2) is 11.6 Å². The van der Waals surface area contributed by atoms with Gasteiger partial charge >= 0.3 is 0 Å². The van der Waals surface area contributed by atoms with E-state index in [0.29, 0.717) is 12.5 Å². The lowest BCUT2D eigenvalue weighted by Gasteiger charge is -2.29. The van der Waals surface area contributed by atoms with Crippen LogP contribution in [0.25, 0.3) is 0 Å². The molecule has 0 atom stereocenters. The third-order valence-electron chi connectivity index (χ3n) is 3.64. The van der Waals surface area contributed by atoms with E-state index in [4.69, 9.17) is 0 Å². The van der Waals surface area contributed by atoms with E-state index in [2.05, 4.69) is 43.3 Å². The Morgan fingerprint density at radius 2 is 2.11 bits per heavy atom. The molecule has 0 saturated carbocycles. The highest BCUT2D eigenvalue weighted by molar-refractivity contribution is 5.95. The molecule has 1 rings (SSSR count). The van der Waals surface area contributed by atoms with E-state index in [1.807, 2.05) is 0 Å². The number of aromatic nitrogens is 1. The van der Waals surface area contributed by atoms with Crippen LogP contribution in [-0.2, 0) is 0 Å². The number of amides is 1. The van der Waals surface area contributed by atoms with Crippen molar-refractivity contribution < 1.29 is 9.18 Å². The lowest BCUT2D eigenvalue weighted by Crippen LogP contribution is -2.37. The van der Waals surface area contributed by atoms with Gasteiger partial charge in [-0.1, -0.05) is 27.7 Å². The van der Waals surface area contributed by atoms with Crippen LogP contribution in [0.3, 0.4) is 0 Å². The van der Waals surface area contributed by atoms with Gasteiger partial charge < -0.3 is 10.6 Å². The molecule has 0 fully saturated rings. The Morgan fingerprint density at radius 3 is 2.63 bits per heavy atom. The number of carbonyl (C=O) groups is 1. The summed E-state index contributed by atoms with van der Waals surface area (Å²) < 4.78 is 13.9. The number of anilines is 1. The Kier molecular flexibility index (Phi) is 4.86. The highest BCUT2D eigenvalue weighted by Gasteiger charge is 2.24. The largest absolute Gasteiger partial charge is 0.371 e. The lowest BCUT2D eigenvalue weighted by molar-refractivity contribution is 0.0920. The fourth-order valence-electron chi connectivity index (χ4n) is 1.40. The van der Waals surface area contributed by atoms with Crippen molar-refractivity contribution in [2.45, 2.75) is 27.7 Å². The zero-order valence-corrected chi connectivity index (χ0v) is 12.2. The average molecular weight is 267 g/mol. The second-order valence-corrected chi connectivity index (χ2v) is 5.60. The van der Waals surface area contributed by atoms with Crippen molar-refractivity contribution in [1.82, 2.24) is 10.3 Å². The molecule has 0 aliphatic heterocycles. The molecule has 0 unspecified atom stereocenters. The van der Waals surface area contributed by atoms with E-state index in [-0.39, 0.29) is 16.8 Å². The first-order valence-electron chi connectivity index (χ1n) is 6.40. The number of nitrogens with zero attached hydrogens (tertiary/aromatic N) is 1. The predicted molar refractivity (Wildman–Crippen MR) is 74.7 cm³/mol. The maximum Gasteiger partial charge on any atom is 0.254 e. The Hall–Kier alpha value is -1.65. The first-order valence-corrected chi connectivity index (χ1v) is 6.40. The second kappa shape index (κ2) is 5.99. The zero-order valence-electron chi connectivity index (χ0n) is 12.2. The van der Waals surface area contributed by atoms with Crippen LogP contribution in [0.4, 0.5) is 10.2 Å². The number of hydrogen-bond acceptors (Lipinski definition) is 3. The van der Waals surface area contributed by atoms with E-state index in [1.54, 1.807) is 7.05 Å². The van der Waals surface area contributed by atoms with Gasteiger partial charge in [-0.25, -0.2) is 9.37 Å². The molecule has 19 heavy (non-hydrogen) atoms. The Labute approximate surface area is 113 Å². The number of halogens is 1. The van der Waals surface area contributed by atoms with Crippen molar-refractivity contribution in [3.05, 3.63) is 23.6 Å². The van der Waals surface area contributed by atoms with Gasteiger partial charge in [0.1, 0.15) is 0 Å². The van der Waals surface area contributed by atoms with Gasteiger partial charge in [0.05, 0.1) is 5.56 Å². The molecule has 1 heterocycles. The smallest absolute Gasteiger partial charge is 0.254 e. The third kappa shape index (κ3) is 3.66. The molecule has 5 heteroatoms. The SMILES string of the molecule is CNc1nccc(C(=O)NCC(C)(C)C(C)C)c1F. The van der Waals surface area contributed by atoms with Crippen molar-refractivity contribution in [1.29, 1.82) is 0 Å². The number of hydrogen-bond donors (Lipinski definition) is 2. The second-order valence-electron chi connectivity index (χ2n) is 5.60. The first kappa shape index (κ1) is 15.4. The molecule has 0 spiro atoms. The van der Waals surface area contributed by atoms with E-state index >= 15 is 0 Å². The Balaban J connectivity index is 2.80. The molecule has 0 aliphatic carbocycles. The van der Waals surface area contributed by atoms with Crippen LogP contribution in [0.1, 0.15) is 38.1 Å². The molecule has 0 aliphatic rings. The topological polar surface area (TPSA) is 54.0 Å². The minimum Gasteiger partial charge on any atom is -0.371 e. The normalized spacial score (nSPS) is 11.5. The van der Waals surface area contributed by atoms with Crippen LogP contribution in [0.2, 0.25) is 0 Å². The molecule has 1 aromatic rings. The molecule has 0 bridgehead atoms. The summed E-state index contributed by atoms with van der Waals surface area (Å²) in [6.07, 6.45) is 1.41. The summed E-state index contributed by atoms with van der Waals surface area (Å²) in [5, 5.41) is 5.39. The van der Waals surface area contributed by atoms with Gasteiger partial charge in [0, 0.05) is 19.8 Å². The van der Waals surface area contributed by atoms with Crippen molar-refractivity contribution in [3.8, 4) is 0 Å². The molecule has 2 N–H and O–H groups in total. The van der Waals surface area contributed by atoms with E-state index in [0.717, 1.165) is 0 Å². The van der Waals surface area contributed by atoms with Crippen molar-refractivity contribution >= 4 is 11.7 Å². The van der Waals surface area contributed by atoms with Crippen LogP contribution in [0.15, 0.2) is 12.3 Å². The van der Waals surface area contributed by atoms with E-state index in [1.165, 1.54) is 12.3 Å². The fourth-order valence-corrected chi connectivity index (χ4v) is 1.40. The zero-order chi connectivity index (χ0) is 14.6. The van der Waals surface area contributed by atoms with E-state index < -0.39 is 11.7 Å². The Bertz CT molecular complexity index is 458. The lowest BCUT2D eigenvalue weighted by atomic mass is 9.81. The summed E-state index contributed by atoms with van der Waals surface area (Å²) >= 11 is 0. The fraction of sp³-hybridized carbons (Fsp3) is 0.571. The third-order valence-corrected chi connectivity index (χ3v) is 3.64. The van der Waals surface area contributed by atoms with E-state index in [9.17, 15) is 9.18 Å². The number of pyridine rings is 1. The number of carbonyl (C=O) groups excluding carboxylic acids is 1. The predicted octanol–water partition coefficient (Wildman–Crippen LogP) is 2.67. The molecule has 0 aromatic carbocycles. The summed E-state index contributed by atoms with van der Waals surface area (Å²) in [7, 11) is 1.56. The standard InChI is InChI=1S/C14H22FN3O/c1-9(2)14(3,4)8-18-13(19)10-6-7-17-12(16-5)11(10)15/h6-7,9H,8H2,1-5H3,(H,16,17)(H,18,19). The molecule has 1 aromatic heterocycles. The number of rotatable bonds is 5. The summed E-state index contributed by atoms with van der Waals surface area (Å²) in [5.74, 6) is -0.534. The molecular weight excluding hydrogens is 245 g/mol. The minimum absolute atomic E-state index is 0.0129. The van der Waals surface area contributed by atoms with Gasteiger partial charge in [-0.3, -0.25) is 4.79 Å². The van der Waals surface area contributed by atoms with Crippen molar-refractivity contribution in [3.63, 3.8) is 0 Å². The summed E-state index contributed by atoms with van der Waals surface area (Å²) in [5.41, 5.74) is -0.0238. The van der Waals surface area contributed by atoms with Crippen LogP contribution >= 0.6 is 0 Å². The summed E-state index contributed by atoms with van der Waals surface area (Å²) in [4.78, 5) is 15.8. The highest BCUT2D eigenvalue weighted by Crippen LogP contribution is 2.25. The van der Waals surface area contributed by atoms with Crippen LogP contribution in [0, 0.1) is 17.2 Å². The highest BCUT2D eigenvalue weighted by atomic mass is 19.1. The van der Waals surface area contributed by atoms with Crippen LogP contribution in [0.5, 0.6) is 0 Å². The van der Waals surface area contributed by atoms with Gasteiger partial charge in [-0.15, -0.1) is 0 Å². The Morgan fingerprint density at radius 1 is 1.47 bits per heavy atom. The molecule has 106 valence electrons.